The van der Waals surface area contributed by atoms with E-state index in [0.717, 1.165) is 154 Å². The Bertz CT molecular complexity index is 2060. The number of carbonyl (C=O) groups excluding carboxylic acids is 3. The van der Waals surface area contributed by atoms with Crippen LogP contribution in [0.2, 0.25) is 0 Å². The van der Waals surface area contributed by atoms with Crippen molar-refractivity contribution in [2.75, 3.05) is 47.5 Å². The van der Waals surface area contributed by atoms with Crippen molar-refractivity contribution in [2.45, 2.75) is 206 Å². The van der Waals surface area contributed by atoms with E-state index in [2.05, 4.69) is 208 Å². The quantitative estimate of drug-likeness (QED) is 0.0195. The number of allylic oxidation sites excluding steroid dienone is 32. The molecule has 2 atom stereocenters. The Kier molecular flexibility index (Phi) is 57.8. The van der Waals surface area contributed by atoms with Gasteiger partial charge < -0.3 is 33.3 Å². The van der Waals surface area contributed by atoms with Gasteiger partial charge in [0.05, 0.1) is 40.3 Å². The summed E-state index contributed by atoms with van der Waals surface area (Å²) in [4.78, 5) is 37.4. The fourth-order valence-electron chi connectivity index (χ4n) is 7.56. The zero-order valence-corrected chi connectivity index (χ0v) is 52.5. The third kappa shape index (κ3) is 63.6. The summed E-state index contributed by atoms with van der Waals surface area (Å²) in [6.07, 6.45) is 93.4. The fraction of sp³-hybridized carbons (Fsp3) is 0.527. The van der Waals surface area contributed by atoms with Gasteiger partial charge in [-0.3, -0.25) is 9.59 Å². The van der Waals surface area contributed by atoms with Crippen LogP contribution >= 0.6 is 0 Å². The van der Waals surface area contributed by atoms with E-state index < -0.39 is 30.3 Å². The third-order valence-electron chi connectivity index (χ3n) is 12.3. The highest BCUT2D eigenvalue weighted by Crippen LogP contribution is 2.12. The number of quaternary nitrogens is 1. The van der Waals surface area contributed by atoms with E-state index in [1.54, 1.807) is 0 Å². The lowest BCUT2D eigenvalue weighted by Gasteiger charge is -2.26. The van der Waals surface area contributed by atoms with E-state index in [0.29, 0.717) is 23.9 Å². The standard InChI is InChI=1S/C74H113NO8/c1-6-8-10-12-14-16-18-20-22-24-26-28-30-31-32-33-34-35-36-37-38-39-40-41-43-45-47-49-51-53-55-57-59-61-63-65-72(77)83-70(69-82-74(73(78)79)80-67-66-75(3,4)5)68-81-71(76)64-62-60-58-56-54-52-50-48-46-44-42-29-27-25-23-21-19-17-15-13-11-9-7-2/h8-11,14-17,20-23,26-29,31-32,34-35,37-38,40-41,44-47,50-53,70,74H,6-7,12-13,18-19,24-25,30,33,36,39,42-43,48-49,54-69H2,1-5H3/b10-8-,11-9-,16-14-,17-15-,22-20-,23-21-,28-26-,29-27-,32-31-,35-34-,38-37-,41-40-,46-44-,47-45-,52-50-,53-51-. The van der Waals surface area contributed by atoms with Gasteiger partial charge in [0.1, 0.15) is 13.2 Å². The smallest absolute Gasteiger partial charge is 0.306 e. The van der Waals surface area contributed by atoms with Gasteiger partial charge in [-0.1, -0.05) is 234 Å². The number of carboxylic acids is 1. The molecular formula is C74H113NO8. The monoisotopic (exact) mass is 1140 g/mol. The number of likely N-dealkylation sites (N-methyl/N-ethyl adjacent to an activating group) is 1. The maximum atomic E-state index is 12.9. The molecule has 0 aromatic carbocycles. The van der Waals surface area contributed by atoms with Crippen LogP contribution in [0.5, 0.6) is 0 Å². The van der Waals surface area contributed by atoms with E-state index in [1.165, 1.54) is 0 Å². The predicted molar refractivity (Wildman–Crippen MR) is 351 cm³/mol. The number of carbonyl (C=O) groups is 3. The Balaban J connectivity index is 4.37. The molecule has 0 bridgehead atoms. The van der Waals surface area contributed by atoms with Gasteiger partial charge in [-0.2, -0.15) is 0 Å². The summed E-state index contributed by atoms with van der Waals surface area (Å²) < 4.78 is 22.7. The van der Waals surface area contributed by atoms with Crippen LogP contribution in [0.25, 0.3) is 0 Å². The molecule has 2 unspecified atom stereocenters. The molecule has 0 amide bonds. The van der Waals surface area contributed by atoms with Crippen LogP contribution in [0, 0.1) is 0 Å². The molecule has 0 rings (SSSR count). The van der Waals surface area contributed by atoms with Crippen molar-refractivity contribution in [3.05, 3.63) is 194 Å². The van der Waals surface area contributed by atoms with E-state index >= 15 is 0 Å². The molecule has 0 aliphatic carbocycles. The predicted octanol–water partition coefficient (Wildman–Crippen LogP) is 18.1. The number of hydrogen-bond donors (Lipinski definition) is 0. The second kappa shape index (κ2) is 62.2. The minimum Gasteiger partial charge on any atom is -0.545 e. The van der Waals surface area contributed by atoms with Gasteiger partial charge in [-0.05, 0) is 141 Å². The third-order valence-corrected chi connectivity index (χ3v) is 12.3. The maximum Gasteiger partial charge on any atom is 0.306 e. The summed E-state index contributed by atoms with van der Waals surface area (Å²) in [6, 6.07) is 0. The second-order valence-electron chi connectivity index (χ2n) is 21.2. The van der Waals surface area contributed by atoms with Gasteiger partial charge in [0.2, 0.25) is 0 Å². The Labute approximate surface area is 506 Å². The molecule has 0 saturated carbocycles. The minimum atomic E-state index is -1.65. The van der Waals surface area contributed by atoms with Crippen LogP contribution in [0.1, 0.15) is 194 Å². The molecule has 0 aliphatic heterocycles. The first-order valence-corrected chi connectivity index (χ1v) is 31.6. The molecule has 0 saturated heterocycles. The summed E-state index contributed by atoms with van der Waals surface area (Å²) in [7, 11) is 5.89. The number of hydrogen-bond acceptors (Lipinski definition) is 8. The van der Waals surface area contributed by atoms with Crippen molar-refractivity contribution in [3.8, 4) is 0 Å². The van der Waals surface area contributed by atoms with Crippen molar-refractivity contribution in [1.82, 2.24) is 0 Å². The van der Waals surface area contributed by atoms with Crippen LogP contribution < -0.4 is 5.11 Å². The molecule has 9 heteroatoms. The lowest BCUT2D eigenvalue weighted by atomic mass is 10.1. The van der Waals surface area contributed by atoms with Crippen LogP contribution in [0.3, 0.4) is 0 Å². The zero-order chi connectivity index (χ0) is 60.5. The first-order valence-electron chi connectivity index (χ1n) is 31.6. The minimum absolute atomic E-state index is 0.125. The molecule has 0 aliphatic rings. The lowest BCUT2D eigenvalue weighted by Crippen LogP contribution is -2.44. The Morgan fingerprint density at radius 2 is 0.651 bits per heavy atom. The molecule has 0 aromatic heterocycles. The number of rotatable bonds is 55. The maximum absolute atomic E-state index is 12.9. The molecule has 0 heterocycles. The van der Waals surface area contributed by atoms with Crippen molar-refractivity contribution in [3.63, 3.8) is 0 Å². The summed E-state index contributed by atoms with van der Waals surface area (Å²) in [6.45, 7) is 4.42. The van der Waals surface area contributed by atoms with Crippen molar-refractivity contribution >= 4 is 17.9 Å². The average Bonchev–Trinajstić information content (AvgIpc) is 3.46. The second-order valence-corrected chi connectivity index (χ2v) is 21.2. The zero-order valence-electron chi connectivity index (χ0n) is 52.5. The van der Waals surface area contributed by atoms with Gasteiger partial charge in [0.15, 0.2) is 12.4 Å². The fourth-order valence-corrected chi connectivity index (χ4v) is 7.56. The number of aliphatic carboxylic acids is 1. The first kappa shape index (κ1) is 77.1. The molecule has 9 nitrogen and oxygen atoms in total. The number of esters is 2. The largest absolute Gasteiger partial charge is 0.545 e. The SMILES string of the molecule is CC/C=C\C/C=C\C/C=C\C/C=C\C/C=C\C/C=C\C/C=C\C/C=C\C/C=C\C/C=C\CCCCCCC(=O)OC(COC(=O)CCCCCC/C=C\C/C=C\C/C=C\C/C=C\C/C=C\C/C=C\CC)COC(OCC[N+](C)(C)C)C(=O)[O-]. The van der Waals surface area contributed by atoms with Crippen LogP contribution in [0.15, 0.2) is 194 Å². The molecule has 462 valence electrons. The number of unbranched alkanes of at least 4 members (excludes halogenated alkanes) is 8. The van der Waals surface area contributed by atoms with E-state index in [4.69, 9.17) is 18.9 Å². The lowest BCUT2D eigenvalue weighted by molar-refractivity contribution is -0.870. The van der Waals surface area contributed by atoms with Crippen molar-refractivity contribution < 1.29 is 42.9 Å². The van der Waals surface area contributed by atoms with Crippen LogP contribution in [-0.2, 0) is 33.3 Å². The Hall–Kier alpha value is -5.87. The molecule has 0 radical (unpaired) electrons. The molecular weight excluding hydrogens is 1030 g/mol. The van der Waals surface area contributed by atoms with Gasteiger partial charge in [0, 0.05) is 12.8 Å². The van der Waals surface area contributed by atoms with Crippen LogP contribution in [-0.4, -0.2) is 82.3 Å². The first-order chi connectivity index (χ1) is 40.6. The molecule has 0 spiro atoms. The molecule has 0 aromatic rings. The summed E-state index contributed by atoms with van der Waals surface area (Å²) in [5.41, 5.74) is 0. The van der Waals surface area contributed by atoms with Gasteiger partial charge >= 0.3 is 11.9 Å². The van der Waals surface area contributed by atoms with Crippen molar-refractivity contribution in [1.29, 1.82) is 0 Å². The highest BCUT2D eigenvalue weighted by Gasteiger charge is 2.22. The molecule has 83 heavy (non-hydrogen) atoms. The van der Waals surface area contributed by atoms with Crippen molar-refractivity contribution in [2.24, 2.45) is 0 Å². The average molecular weight is 1140 g/mol. The highest BCUT2D eigenvalue weighted by molar-refractivity contribution is 5.70. The number of nitrogens with zero attached hydrogens (tertiary/aromatic N) is 1. The summed E-state index contributed by atoms with van der Waals surface area (Å²) >= 11 is 0. The van der Waals surface area contributed by atoms with E-state index in [-0.39, 0.29) is 32.7 Å². The molecule has 0 N–H and O–H groups in total. The van der Waals surface area contributed by atoms with Gasteiger partial charge in [-0.15, -0.1) is 0 Å². The van der Waals surface area contributed by atoms with Crippen LogP contribution in [0.4, 0.5) is 0 Å². The Morgan fingerprint density at radius 3 is 0.952 bits per heavy atom. The Morgan fingerprint density at radius 1 is 0.361 bits per heavy atom. The van der Waals surface area contributed by atoms with Gasteiger partial charge in [-0.25, -0.2) is 0 Å². The topological polar surface area (TPSA) is 111 Å². The normalized spacial score (nSPS) is 14.1. The van der Waals surface area contributed by atoms with E-state index in [1.807, 2.05) is 21.1 Å². The van der Waals surface area contributed by atoms with Gasteiger partial charge in [0.25, 0.3) is 0 Å². The highest BCUT2D eigenvalue weighted by atomic mass is 16.7. The number of carboxylic acid groups (broad SMARTS) is 1. The molecule has 0 fully saturated rings. The summed E-state index contributed by atoms with van der Waals surface area (Å²) in [5, 5.41) is 11.8. The number of ether oxygens (including phenoxy) is 4. The summed E-state index contributed by atoms with van der Waals surface area (Å²) in [5.74, 6) is -2.38. The van der Waals surface area contributed by atoms with E-state index in [9.17, 15) is 19.5 Å².